The van der Waals surface area contributed by atoms with Crippen molar-refractivity contribution in [3.63, 3.8) is 0 Å². The molecule has 2 aromatic rings. The largest absolute Gasteiger partial charge is 0.217 e. The van der Waals surface area contributed by atoms with Gasteiger partial charge in [0.2, 0.25) is 5.35 Å². The number of pyridine rings is 1. The predicted molar refractivity (Wildman–Crippen MR) is 73.2 cm³/mol. The molecule has 0 unspecified atom stereocenters. The number of rotatable bonds is 0. The molecule has 1 heteroatoms. The summed E-state index contributed by atoms with van der Waals surface area (Å²) < 4.78 is 1.93. The third-order valence-corrected chi connectivity index (χ3v) is 3.45. The molecule has 0 fully saturated rings. The van der Waals surface area contributed by atoms with E-state index in [4.69, 9.17) is 0 Å². The van der Waals surface area contributed by atoms with E-state index in [1.165, 1.54) is 21.6 Å². The van der Waals surface area contributed by atoms with Gasteiger partial charge in [0.05, 0.1) is 0 Å². The molecule has 0 atom stereocenters. The zero-order valence-electron chi connectivity index (χ0n) is 10.6. The van der Waals surface area contributed by atoms with Gasteiger partial charge in [0.25, 0.3) is 0 Å². The number of hydrogen-bond donors (Lipinski definition) is 0. The number of hydrogen-bond acceptors (Lipinski definition) is 0. The summed E-state index contributed by atoms with van der Waals surface area (Å²) in [6, 6.07) is 10.7. The quantitative estimate of drug-likeness (QED) is 0.616. The molecule has 0 amide bonds. The molecule has 1 aromatic carbocycles. The Morgan fingerprint density at radius 3 is 2.94 bits per heavy atom. The Hall–Kier alpha value is -2.15. The first-order valence-corrected chi connectivity index (χ1v) is 6.21. The van der Waals surface area contributed by atoms with Gasteiger partial charge in [-0.3, -0.25) is 0 Å². The lowest BCUT2D eigenvalue weighted by Crippen LogP contribution is -2.16. The van der Waals surface area contributed by atoms with Crippen molar-refractivity contribution in [3.8, 4) is 0 Å². The fraction of sp³-hybridized carbons (Fsp3) is 0.118. The maximum atomic E-state index is 4.04. The maximum absolute atomic E-state index is 4.04. The number of nitrogens with zero attached hydrogens (tertiary/aromatic N) is 1. The van der Waals surface area contributed by atoms with Gasteiger partial charge in [-0.2, -0.15) is 4.24 Å². The maximum Gasteiger partial charge on any atom is 0.217 e. The number of fused-ring (bicyclic) bond motifs is 1. The van der Waals surface area contributed by atoms with Crippen LogP contribution in [0.4, 0.5) is 0 Å². The highest BCUT2D eigenvalue weighted by Crippen LogP contribution is 2.06. The minimum absolute atomic E-state index is 1.02. The Labute approximate surface area is 106 Å². The first-order valence-electron chi connectivity index (χ1n) is 6.21. The van der Waals surface area contributed by atoms with E-state index in [0.29, 0.717) is 0 Å². The minimum atomic E-state index is 1.02. The highest BCUT2D eigenvalue weighted by molar-refractivity contribution is 5.45. The molecule has 0 aliphatic heterocycles. The summed E-state index contributed by atoms with van der Waals surface area (Å²) in [7, 11) is 0. The van der Waals surface area contributed by atoms with Crippen LogP contribution < -0.4 is 9.46 Å². The van der Waals surface area contributed by atoms with Gasteiger partial charge < -0.3 is 0 Å². The zero-order valence-corrected chi connectivity index (χ0v) is 10.6. The molecule has 1 aliphatic rings. The Balaban J connectivity index is 2.52. The highest BCUT2D eigenvalue weighted by Gasteiger charge is 2.02. The van der Waals surface area contributed by atoms with Gasteiger partial charge in [-0.05, 0) is 41.8 Å². The Morgan fingerprint density at radius 1 is 1.22 bits per heavy atom. The summed E-state index contributed by atoms with van der Waals surface area (Å²) in [5.41, 5.74) is 2.69. The van der Waals surface area contributed by atoms with Crippen LogP contribution in [0.2, 0.25) is 0 Å². The van der Waals surface area contributed by atoms with Crippen molar-refractivity contribution in [3.05, 3.63) is 82.3 Å². The van der Waals surface area contributed by atoms with Crippen LogP contribution in [-0.2, 0) is 6.42 Å². The van der Waals surface area contributed by atoms with Gasteiger partial charge in [-0.1, -0.05) is 24.3 Å². The van der Waals surface area contributed by atoms with Gasteiger partial charge in [0, 0.05) is 17.4 Å². The minimum Gasteiger partial charge on any atom is -0.174 e. The first-order chi connectivity index (χ1) is 8.75. The van der Waals surface area contributed by atoms with Crippen LogP contribution in [-0.4, -0.2) is 0 Å². The number of allylic oxidation sites excluding steroid dienone is 2. The average Bonchev–Trinajstić information content (AvgIpc) is 2.39. The molecular weight excluding hydrogens is 218 g/mol. The molecule has 3 rings (SSSR count). The molecule has 0 N–H and O–H groups in total. The number of aromatic nitrogens is 1. The van der Waals surface area contributed by atoms with Gasteiger partial charge in [0.15, 0.2) is 6.20 Å². The lowest BCUT2D eigenvalue weighted by Gasteiger charge is -2.04. The van der Waals surface area contributed by atoms with Crippen LogP contribution >= 0.6 is 0 Å². The monoisotopic (exact) mass is 234 g/mol. The molecule has 0 saturated carbocycles. The molecule has 0 spiro atoms. The normalized spacial score (nSPS) is 14.9. The average molecular weight is 234 g/mol. The van der Waals surface area contributed by atoms with Crippen LogP contribution in [0.1, 0.15) is 11.1 Å². The summed E-state index contributed by atoms with van der Waals surface area (Å²) in [6.07, 6.45) is 9.51. The molecule has 1 heterocycles. The van der Waals surface area contributed by atoms with Crippen LogP contribution in [0.5, 0.6) is 0 Å². The summed E-state index contributed by atoms with van der Waals surface area (Å²) in [4.78, 5) is 0. The molecule has 0 radical (unpaired) electrons. The van der Waals surface area contributed by atoms with E-state index >= 15 is 0 Å². The second-order valence-corrected chi connectivity index (χ2v) is 4.72. The smallest absolute Gasteiger partial charge is 0.174 e. The van der Waals surface area contributed by atoms with Crippen molar-refractivity contribution in [2.45, 2.75) is 13.3 Å². The Kier molecular flexibility index (Phi) is 2.60. The van der Waals surface area contributed by atoms with Gasteiger partial charge in [0.1, 0.15) is 6.72 Å². The summed E-state index contributed by atoms with van der Waals surface area (Å²) in [5, 5.41) is 3.77. The van der Waals surface area contributed by atoms with E-state index in [2.05, 4.69) is 56.1 Å². The predicted octanol–water partition coefficient (Wildman–Crippen LogP) is 2.10. The van der Waals surface area contributed by atoms with E-state index < -0.39 is 0 Å². The van der Waals surface area contributed by atoms with E-state index in [1.54, 1.807) is 0 Å². The highest BCUT2D eigenvalue weighted by atomic mass is 14.8. The van der Waals surface area contributed by atoms with Crippen LogP contribution in [0.15, 0.2) is 48.7 Å². The van der Waals surface area contributed by atoms with Crippen LogP contribution in [0.3, 0.4) is 0 Å². The second-order valence-electron chi connectivity index (χ2n) is 4.72. The zero-order chi connectivity index (χ0) is 12.5. The van der Waals surface area contributed by atoms with E-state index in [9.17, 15) is 0 Å². The topological polar surface area (TPSA) is 5.90 Å². The fourth-order valence-corrected chi connectivity index (χ4v) is 2.47. The summed E-state index contributed by atoms with van der Waals surface area (Å²) in [6.45, 7) is 6.21. The molecule has 1 nitrogen and oxygen atoms in total. The SMILES string of the molecule is C=[n+]1ccccc1=c1cc2c(cc1C)=CC=CC2. The van der Waals surface area contributed by atoms with Gasteiger partial charge >= 0.3 is 0 Å². The van der Waals surface area contributed by atoms with Crippen molar-refractivity contribution in [1.82, 2.24) is 0 Å². The molecule has 18 heavy (non-hydrogen) atoms. The van der Waals surface area contributed by atoms with Crippen molar-refractivity contribution in [1.29, 1.82) is 0 Å². The van der Waals surface area contributed by atoms with E-state index in [1.807, 2.05) is 16.5 Å². The standard InChI is InChI=1S/C17H16N/c1-13-11-14-7-3-4-8-15(14)12-16(13)17-9-5-6-10-18(17)2/h3-7,9-12H,2,8H2,1H3/q+1. The molecule has 0 saturated heterocycles. The third kappa shape index (κ3) is 1.78. The third-order valence-electron chi connectivity index (χ3n) is 3.45. The lowest BCUT2D eigenvalue weighted by molar-refractivity contribution is -0.510. The molecular formula is C17H16N+. The van der Waals surface area contributed by atoms with Crippen molar-refractivity contribution >= 4 is 6.08 Å². The van der Waals surface area contributed by atoms with Gasteiger partial charge in [-0.15, -0.1) is 0 Å². The van der Waals surface area contributed by atoms with Crippen LogP contribution in [0.25, 0.3) is 6.08 Å². The van der Waals surface area contributed by atoms with Crippen molar-refractivity contribution < 1.29 is 4.24 Å². The molecule has 1 aliphatic carbocycles. The van der Waals surface area contributed by atoms with Crippen molar-refractivity contribution in [2.75, 3.05) is 0 Å². The summed E-state index contributed by atoms with van der Waals surface area (Å²) in [5.74, 6) is 0. The molecule has 88 valence electrons. The van der Waals surface area contributed by atoms with Crippen LogP contribution in [0, 0.1) is 24.2 Å². The van der Waals surface area contributed by atoms with Crippen molar-refractivity contribution in [2.24, 2.45) is 0 Å². The number of benzene rings is 1. The van der Waals surface area contributed by atoms with E-state index in [-0.39, 0.29) is 0 Å². The van der Waals surface area contributed by atoms with E-state index in [0.717, 1.165) is 11.8 Å². The summed E-state index contributed by atoms with van der Waals surface area (Å²) >= 11 is 0. The first kappa shape index (κ1) is 11.0. The Bertz CT molecular complexity index is 829. The molecule has 0 bridgehead atoms. The fourth-order valence-electron chi connectivity index (χ4n) is 2.47. The number of aryl methyl sites for hydroxylation is 1. The van der Waals surface area contributed by atoms with Gasteiger partial charge in [-0.25, -0.2) is 0 Å². The lowest BCUT2D eigenvalue weighted by atomic mass is 10.00. The second kappa shape index (κ2) is 4.26. The Morgan fingerprint density at radius 2 is 2.11 bits per heavy atom. The molecule has 1 aromatic heterocycles.